The second kappa shape index (κ2) is 5.48. The van der Waals surface area contributed by atoms with E-state index < -0.39 is 0 Å². The van der Waals surface area contributed by atoms with E-state index in [0.29, 0.717) is 11.6 Å². The average Bonchev–Trinajstić information content (AvgIpc) is 2.60. The molecule has 0 aromatic carbocycles. The molecule has 0 spiro atoms. The molecule has 2 heterocycles. The van der Waals surface area contributed by atoms with Gasteiger partial charge in [-0.15, -0.1) is 0 Å². The number of likely N-dealkylation sites (tertiary alicyclic amines) is 1. The molecule has 0 unspecified atom stereocenters. The van der Waals surface area contributed by atoms with E-state index in [-0.39, 0.29) is 0 Å². The van der Waals surface area contributed by atoms with Crippen LogP contribution in [-0.4, -0.2) is 49.3 Å². The van der Waals surface area contributed by atoms with E-state index in [4.69, 9.17) is 4.74 Å². The molecule has 2 rings (SSSR count). The van der Waals surface area contributed by atoms with Crippen LogP contribution in [-0.2, 0) is 4.74 Å². The fourth-order valence-corrected chi connectivity index (χ4v) is 2.88. The summed E-state index contributed by atoms with van der Waals surface area (Å²) in [6, 6.07) is 0.694. The van der Waals surface area contributed by atoms with Crippen LogP contribution in [0.15, 0.2) is 0 Å². The molecule has 2 fully saturated rings. The van der Waals surface area contributed by atoms with Gasteiger partial charge in [0.2, 0.25) is 0 Å². The van der Waals surface area contributed by atoms with E-state index in [1.54, 1.807) is 0 Å². The zero-order chi connectivity index (χ0) is 11.4. The molecular formula is C13H26N2O. The Kier molecular flexibility index (Phi) is 4.22. The number of rotatable bonds is 4. The van der Waals surface area contributed by atoms with Gasteiger partial charge in [-0.25, -0.2) is 0 Å². The van der Waals surface area contributed by atoms with Crippen molar-refractivity contribution in [3.63, 3.8) is 0 Å². The quantitative estimate of drug-likeness (QED) is 0.788. The Labute approximate surface area is 99.5 Å². The lowest BCUT2D eigenvalue weighted by atomic mass is 10.0. The smallest absolute Gasteiger partial charge is 0.0480 e. The lowest BCUT2D eigenvalue weighted by Crippen LogP contribution is -2.44. The van der Waals surface area contributed by atoms with Crippen molar-refractivity contribution < 1.29 is 4.74 Å². The lowest BCUT2D eigenvalue weighted by Gasteiger charge is -2.32. The first-order valence-electron chi connectivity index (χ1n) is 6.75. The summed E-state index contributed by atoms with van der Waals surface area (Å²) in [6.45, 7) is 10.2. The minimum Gasteiger partial charge on any atom is -0.381 e. The van der Waals surface area contributed by atoms with Gasteiger partial charge < -0.3 is 10.1 Å². The van der Waals surface area contributed by atoms with Gasteiger partial charge in [-0.1, -0.05) is 0 Å². The molecule has 2 saturated heterocycles. The summed E-state index contributed by atoms with van der Waals surface area (Å²) in [4.78, 5) is 2.62. The minimum absolute atomic E-state index is 0.428. The van der Waals surface area contributed by atoms with Gasteiger partial charge in [0.05, 0.1) is 0 Å². The molecule has 16 heavy (non-hydrogen) atoms. The van der Waals surface area contributed by atoms with Gasteiger partial charge in [-0.05, 0) is 46.1 Å². The minimum atomic E-state index is 0.428. The van der Waals surface area contributed by atoms with Gasteiger partial charge in [0, 0.05) is 37.9 Å². The fraction of sp³-hybridized carbons (Fsp3) is 1.00. The molecule has 2 aliphatic heterocycles. The third kappa shape index (κ3) is 3.19. The largest absolute Gasteiger partial charge is 0.381 e. The molecule has 0 aliphatic carbocycles. The highest BCUT2D eigenvalue weighted by Crippen LogP contribution is 2.27. The first kappa shape index (κ1) is 12.3. The Balaban J connectivity index is 1.63. The van der Waals surface area contributed by atoms with Gasteiger partial charge in [0.25, 0.3) is 0 Å². The van der Waals surface area contributed by atoms with Gasteiger partial charge in [-0.2, -0.15) is 0 Å². The van der Waals surface area contributed by atoms with E-state index in [1.807, 2.05) is 0 Å². The molecule has 0 saturated carbocycles. The van der Waals surface area contributed by atoms with Gasteiger partial charge in [0.15, 0.2) is 0 Å². The second-order valence-electron chi connectivity index (χ2n) is 5.74. The average molecular weight is 226 g/mol. The third-order valence-corrected chi connectivity index (χ3v) is 4.11. The molecule has 0 bridgehead atoms. The van der Waals surface area contributed by atoms with E-state index >= 15 is 0 Å². The van der Waals surface area contributed by atoms with Crippen molar-refractivity contribution in [1.82, 2.24) is 10.2 Å². The first-order chi connectivity index (χ1) is 7.68. The highest BCUT2D eigenvalue weighted by Gasteiger charge is 2.31. The molecule has 94 valence electrons. The molecule has 1 N–H and O–H groups in total. The van der Waals surface area contributed by atoms with Crippen LogP contribution in [0.3, 0.4) is 0 Å². The van der Waals surface area contributed by atoms with Crippen LogP contribution in [0.4, 0.5) is 0 Å². The van der Waals surface area contributed by atoms with Gasteiger partial charge in [-0.3, -0.25) is 4.90 Å². The molecule has 0 aromatic rings. The number of hydrogen-bond donors (Lipinski definition) is 1. The number of nitrogens with zero attached hydrogens (tertiary/aromatic N) is 1. The van der Waals surface area contributed by atoms with Crippen molar-refractivity contribution in [2.45, 2.75) is 51.1 Å². The molecule has 0 aromatic heterocycles. The first-order valence-corrected chi connectivity index (χ1v) is 6.75. The van der Waals surface area contributed by atoms with Crippen molar-refractivity contribution in [3.8, 4) is 0 Å². The Hall–Kier alpha value is -0.120. The topological polar surface area (TPSA) is 24.5 Å². The normalized spacial score (nSPS) is 27.4. The summed E-state index contributed by atoms with van der Waals surface area (Å²) in [5.74, 6) is 0. The van der Waals surface area contributed by atoms with Crippen molar-refractivity contribution in [1.29, 1.82) is 0 Å². The maximum absolute atomic E-state index is 5.36. The molecule has 2 aliphatic rings. The zero-order valence-corrected chi connectivity index (χ0v) is 10.8. The van der Waals surface area contributed by atoms with Crippen molar-refractivity contribution in [3.05, 3.63) is 0 Å². The number of hydrogen-bond acceptors (Lipinski definition) is 3. The summed E-state index contributed by atoms with van der Waals surface area (Å²) < 4.78 is 5.36. The molecule has 0 radical (unpaired) electrons. The molecular weight excluding hydrogens is 200 g/mol. The maximum atomic E-state index is 5.36. The Morgan fingerprint density at radius 3 is 2.69 bits per heavy atom. The summed E-state index contributed by atoms with van der Waals surface area (Å²) in [5.41, 5.74) is 0.428. The molecule has 0 atom stereocenters. The molecule has 0 amide bonds. The van der Waals surface area contributed by atoms with Crippen molar-refractivity contribution >= 4 is 0 Å². The summed E-state index contributed by atoms with van der Waals surface area (Å²) in [5, 5.41) is 3.66. The summed E-state index contributed by atoms with van der Waals surface area (Å²) >= 11 is 0. The summed E-state index contributed by atoms with van der Waals surface area (Å²) in [7, 11) is 0. The van der Waals surface area contributed by atoms with Gasteiger partial charge >= 0.3 is 0 Å². The van der Waals surface area contributed by atoms with E-state index in [0.717, 1.165) is 19.8 Å². The Morgan fingerprint density at radius 2 is 2.06 bits per heavy atom. The van der Waals surface area contributed by atoms with Gasteiger partial charge in [0.1, 0.15) is 0 Å². The predicted octanol–water partition coefficient (Wildman–Crippen LogP) is 1.63. The van der Waals surface area contributed by atoms with Crippen LogP contribution in [0.25, 0.3) is 0 Å². The van der Waals surface area contributed by atoms with Crippen LogP contribution in [0.2, 0.25) is 0 Å². The SMILES string of the molecule is CC1(C)CCCN1CCNC1CCOCC1. The van der Waals surface area contributed by atoms with E-state index in [1.165, 1.54) is 38.8 Å². The Bertz CT molecular complexity index is 212. The lowest BCUT2D eigenvalue weighted by molar-refractivity contribution is 0.0761. The monoisotopic (exact) mass is 226 g/mol. The second-order valence-corrected chi connectivity index (χ2v) is 5.74. The zero-order valence-electron chi connectivity index (χ0n) is 10.8. The number of ether oxygens (including phenoxy) is 1. The van der Waals surface area contributed by atoms with Crippen LogP contribution in [0.1, 0.15) is 39.5 Å². The maximum Gasteiger partial charge on any atom is 0.0480 e. The van der Waals surface area contributed by atoms with Crippen molar-refractivity contribution in [2.24, 2.45) is 0 Å². The van der Waals surface area contributed by atoms with E-state index in [2.05, 4.69) is 24.1 Å². The Morgan fingerprint density at radius 1 is 1.31 bits per heavy atom. The van der Waals surface area contributed by atoms with Crippen LogP contribution >= 0.6 is 0 Å². The fourth-order valence-electron chi connectivity index (χ4n) is 2.88. The van der Waals surface area contributed by atoms with Crippen molar-refractivity contribution in [2.75, 3.05) is 32.8 Å². The predicted molar refractivity (Wildman–Crippen MR) is 66.7 cm³/mol. The van der Waals surface area contributed by atoms with Crippen LogP contribution in [0, 0.1) is 0 Å². The highest BCUT2D eigenvalue weighted by atomic mass is 16.5. The summed E-state index contributed by atoms with van der Waals surface area (Å²) in [6.07, 6.45) is 5.08. The van der Waals surface area contributed by atoms with E-state index in [9.17, 15) is 0 Å². The highest BCUT2D eigenvalue weighted by molar-refractivity contribution is 4.88. The molecule has 3 nitrogen and oxygen atoms in total. The number of nitrogens with one attached hydrogen (secondary N) is 1. The standard InChI is InChI=1S/C13H26N2O/c1-13(2)6-3-8-15(13)9-7-14-12-4-10-16-11-5-12/h12,14H,3-11H2,1-2H3. The third-order valence-electron chi connectivity index (χ3n) is 4.11. The van der Waals surface area contributed by atoms with Crippen LogP contribution in [0.5, 0.6) is 0 Å². The molecule has 3 heteroatoms. The van der Waals surface area contributed by atoms with Crippen LogP contribution < -0.4 is 5.32 Å².